The average Bonchev–Trinajstić information content (AvgIpc) is 2.52. The van der Waals surface area contributed by atoms with Gasteiger partial charge in [0.2, 0.25) is 0 Å². The predicted octanol–water partition coefficient (Wildman–Crippen LogP) is 4.20. The molecule has 1 aliphatic carbocycles. The summed E-state index contributed by atoms with van der Waals surface area (Å²) in [6.45, 7) is 0. The van der Waals surface area contributed by atoms with E-state index >= 15 is 0 Å². The molecule has 0 bridgehead atoms. The van der Waals surface area contributed by atoms with Crippen LogP contribution in [0.25, 0.3) is 11.1 Å². The fourth-order valence-corrected chi connectivity index (χ4v) is 2.79. The third-order valence-corrected chi connectivity index (χ3v) is 4.22. The van der Waals surface area contributed by atoms with Crippen LogP contribution < -0.4 is 15.4 Å². The third-order valence-electron chi connectivity index (χ3n) is 4.00. The van der Waals surface area contributed by atoms with E-state index in [1.165, 1.54) is 24.8 Å². The summed E-state index contributed by atoms with van der Waals surface area (Å²) in [4.78, 5) is 0. The van der Waals surface area contributed by atoms with Crippen LogP contribution in [0.4, 0.5) is 5.69 Å². The van der Waals surface area contributed by atoms with Gasteiger partial charge in [-0.1, -0.05) is 36.4 Å². The summed E-state index contributed by atoms with van der Waals surface area (Å²) in [6.07, 6.45) is 3.68. The van der Waals surface area contributed by atoms with Gasteiger partial charge in [-0.3, -0.25) is 0 Å². The summed E-state index contributed by atoms with van der Waals surface area (Å²) in [7, 11) is 1.67. The van der Waals surface area contributed by atoms with Gasteiger partial charge >= 0.3 is 0 Å². The normalized spacial score (nSPS) is 14.0. The number of anilines is 1. The Morgan fingerprint density at radius 3 is 2.50 bits per heavy atom. The van der Waals surface area contributed by atoms with Gasteiger partial charge in [0.05, 0.1) is 12.8 Å². The van der Waals surface area contributed by atoms with Gasteiger partial charge in [0.25, 0.3) is 0 Å². The molecule has 22 heavy (non-hydrogen) atoms. The highest BCUT2D eigenvalue weighted by molar-refractivity contribution is 7.80. The van der Waals surface area contributed by atoms with Gasteiger partial charge in [-0.2, -0.15) is 0 Å². The monoisotopic (exact) mass is 312 g/mol. The van der Waals surface area contributed by atoms with Gasteiger partial charge in [0, 0.05) is 6.04 Å². The number of nitrogens with one attached hydrogen (secondary N) is 2. The molecule has 3 nitrogen and oxygen atoms in total. The summed E-state index contributed by atoms with van der Waals surface area (Å²) < 4.78 is 5.43. The van der Waals surface area contributed by atoms with Crippen LogP contribution in [0, 0.1) is 0 Å². The maximum absolute atomic E-state index is 5.43. The second kappa shape index (κ2) is 6.79. The van der Waals surface area contributed by atoms with E-state index in [9.17, 15) is 0 Å². The third kappa shape index (κ3) is 3.39. The Bertz CT molecular complexity index is 653. The van der Waals surface area contributed by atoms with Crippen molar-refractivity contribution < 1.29 is 4.74 Å². The maximum atomic E-state index is 5.43. The Hall–Kier alpha value is -2.07. The van der Waals surface area contributed by atoms with Gasteiger partial charge in [-0.15, -0.1) is 0 Å². The van der Waals surface area contributed by atoms with Crippen molar-refractivity contribution in [3.63, 3.8) is 0 Å². The Labute approximate surface area is 136 Å². The number of benzene rings is 2. The molecule has 0 radical (unpaired) electrons. The lowest BCUT2D eigenvalue weighted by Crippen LogP contribution is -2.41. The summed E-state index contributed by atoms with van der Waals surface area (Å²) in [5.41, 5.74) is 3.20. The number of methoxy groups -OCH3 is 1. The summed E-state index contributed by atoms with van der Waals surface area (Å²) in [5, 5.41) is 7.27. The molecule has 1 saturated carbocycles. The van der Waals surface area contributed by atoms with Crippen LogP contribution in [0.2, 0.25) is 0 Å². The van der Waals surface area contributed by atoms with Gasteiger partial charge in [-0.25, -0.2) is 0 Å². The molecule has 114 valence electrons. The van der Waals surface area contributed by atoms with Crippen LogP contribution in [0.15, 0.2) is 48.5 Å². The fraction of sp³-hybridized carbons (Fsp3) is 0.278. The highest BCUT2D eigenvalue weighted by atomic mass is 32.1. The van der Waals surface area contributed by atoms with Crippen LogP contribution >= 0.6 is 12.2 Å². The molecule has 0 aliphatic heterocycles. The second-order valence-corrected chi connectivity index (χ2v) is 5.92. The van der Waals surface area contributed by atoms with E-state index in [-0.39, 0.29) is 0 Å². The van der Waals surface area contributed by atoms with Crippen molar-refractivity contribution in [3.05, 3.63) is 48.5 Å². The van der Waals surface area contributed by atoms with E-state index in [1.807, 2.05) is 24.3 Å². The van der Waals surface area contributed by atoms with Crippen LogP contribution in [0.5, 0.6) is 5.75 Å². The zero-order chi connectivity index (χ0) is 15.4. The number of thiocarbonyl (C=S) groups is 1. The van der Waals surface area contributed by atoms with Crippen LogP contribution in [0.3, 0.4) is 0 Å². The molecule has 0 aromatic heterocycles. The van der Waals surface area contributed by atoms with Crippen molar-refractivity contribution in [1.82, 2.24) is 5.32 Å². The van der Waals surface area contributed by atoms with Crippen LogP contribution in [-0.4, -0.2) is 18.3 Å². The standard InChI is InChI=1S/C18H20N2OS/c1-21-17-11-10-14(13-6-3-2-4-7-13)12-16(17)20-18(22)19-15-8-5-9-15/h2-4,6-7,10-12,15H,5,8-9H2,1H3,(H2,19,20,22). The first-order valence-electron chi connectivity index (χ1n) is 7.57. The first-order valence-corrected chi connectivity index (χ1v) is 7.98. The number of hydrogen-bond donors (Lipinski definition) is 2. The molecule has 1 aliphatic rings. The number of rotatable bonds is 4. The molecule has 0 heterocycles. The molecule has 2 N–H and O–H groups in total. The van der Waals surface area contributed by atoms with E-state index in [0.29, 0.717) is 11.2 Å². The molecule has 0 spiro atoms. The van der Waals surface area contributed by atoms with Crippen molar-refractivity contribution in [2.45, 2.75) is 25.3 Å². The van der Waals surface area contributed by atoms with E-state index in [1.54, 1.807) is 7.11 Å². The highest BCUT2D eigenvalue weighted by Crippen LogP contribution is 2.30. The van der Waals surface area contributed by atoms with Crippen molar-refractivity contribution in [2.75, 3.05) is 12.4 Å². The van der Waals surface area contributed by atoms with Crippen molar-refractivity contribution in [1.29, 1.82) is 0 Å². The molecule has 2 aromatic carbocycles. The first-order chi connectivity index (χ1) is 10.8. The van der Waals surface area contributed by atoms with Gasteiger partial charge in [0.1, 0.15) is 5.75 Å². The Morgan fingerprint density at radius 2 is 1.86 bits per heavy atom. The molecule has 3 rings (SSSR count). The smallest absolute Gasteiger partial charge is 0.171 e. The Morgan fingerprint density at radius 1 is 1.09 bits per heavy atom. The number of hydrogen-bond acceptors (Lipinski definition) is 2. The van der Waals surface area contributed by atoms with Crippen molar-refractivity contribution >= 4 is 23.0 Å². The molecule has 0 amide bonds. The quantitative estimate of drug-likeness (QED) is 0.829. The summed E-state index contributed by atoms with van der Waals surface area (Å²) >= 11 is 5.40. The summed E-state index contributed by atoms with van der Waals surface area (Å²) in [6, 6.07) is 16.9. The first kappa shape index (κ1) is 14.9. The Balaban J connectivity index is 1.80. The molecule has 0 unspecified atom stereocenters. The molecule has 0 atom stereocenters. The van der Waals surface area contributed by atoms with E-state index < -0.39 is 0 Å². The second-order valence-electron chi connectivity index (χ2n) is 5.51. The number of ether oxygens (including phenoxy) is 1. The topological polar surface area (TPSA) is 33.3 Å². The zero-order valence-corrected chi connectivity index (χ0v) is 13.5. The lowest BCUT2D eigenvalue weighted by Gasteiger charge is -2.28. The molecular formula is C18H20N2OS. The molecular weight excluding hydrogens is 292 g/mol. The van der Waals surface area contributed by atoms with Crippen molar-refractivity contribution in [2.24, 2.45) is 0 Å². The lowest BCUT2D eigenvalue weighted by molar-refractivity contribution is 0.385. The van der Waals surface area contributed by atoms with E-state index in [2.05, 4.69) is 34.9 Å². The fourth-order valence-electron chi connectivity index (χ4n) is 2.51. The molecule has 2 aromatic rings. The minimum absolute atomic E-state index is 0.517. The maximum Gasteiger partial charge on any atom is 0.171 e. The van der Waals surface area contributed by atoms with Gasteiger partial charge in [0.15, 0.2) is 5.11 Å². The zero-order valence-electron chi connectivity index (χ0n) is 12.6. The Kier molecular flexibility index (Phi) is 4.59. The van der Waals surface area contributed by atoms with Crippen LogP contribution in [-0.2, 0) is 0 Å². The predicted molar refractivity (Wildman–Crippen MR) is 95.4 cm³/mol. The minimum Gasteiger partial charge on any atom is -0.495 e. The average molecular weight is 312 g/mol. The molecule has 1 fully saturated rings. The molecule has 4 heteroatoms. The van der Waals surface area contributed by atoms with Crippen LogP contribution in [0.1, 0.15) is 19.3 Å². The summed E-state index contributed by atoms with van der Waals surface area (Å²) in [5.74, 6) is 0.789. The largest absolute Gasteiger partial charge is 0.495 e. The lowest BCUT2D eigenvalue weighted by atomic mass is 9.93. The van der Waals surface area contributed by atoms with Gasteiger partial charge < -0.3 is 15.4 Å². The highest BCUT2D eigenvalue weighted by Gasteiger charge is 2.18. The van der Waals surface area contributed by atoms with Gasteiger partial charge in [-0.05, 0) is 54.7 Å². The minimum atomic E-state index is 0.517. The van der Waals surface area contributed by atoms with Crippen molar-refractivity contribution in [3.8, 4) is 16.9 Å². The molecule has 0 saturated heterocycles. The van der Waals surface area contributed by atoms with E-state index in [4.69, 9.17) is 17.0 Å². The SMILES string of the molecule is COc1ccc(-c2ccccc2)cc1NC(=S)NC1CCC1. The van der Waals surface area contributed by atoms with E-state index in [0.717, 1.165) is 17.0 Å².